The van der Waals surface area contributed by atoms with E-state index in [9.17, 15) is 4.79 Å². The van der Waals surface area contributed by atoms with E-state index >= 15 is 0 Å². The first-order chi connectivity index (χ1) is 9.95. The van der Waals surface area contributed by atoms with Gasteiger partial charge < -0.3 is 15.4 Å². The minimum Gasteiger partial charge on any atom is -0.496 e. The highest BCUT2D eigenvalue weighted by atomic mass is 16.5. The van der Waals surface area contributed by atoms with Gasteiger partial charge in [0.2, 0.25) is 0 Å². The third-order valence-corrected chi connectivity index (χ3v) is 3.18. The SMILES string of the molecule is COc1cccc(-n2ccc(C(=O)N(C)C)n2)c1C(C)N. The number of carbonyl (C=O) groups excluding carboxylic acids is 1. The first kappa shape index (κ1) is 15.1. The molecule has 0 aliphatic rings. The van der Waals surface area contributed by atoms with Crippen molar-refractivity contribution in [2.45, 2.75) is 13.0 Å². The third kappa shape index (κ3) is 2.90. The van der Waals surface area contributed by atoms with E-state index in [1.165, 1.54) is 4.90 Å². The molecule has 0 radical (unpaired) electrons. The Morgan fingerprint density at radius 3 is 2.67 bits per heavy atom. The van der Waals surface area contributed by atoms with Crippen molar-refractivity contribution in [1.29, 1.82) is 0 Å². The Balaban J connectivity index is 2.50. The summed E-state index contributed by atoms with van der Waals surface area (Å²) >= 11 is 0. The van der Waals surface area contributed by atoms with Crippen LogP contribution in [0.25, 0.3) is 5.69 Å². The number of ether oxygens (including phenoxy) is 1. The molecule has 2 N–H and O–H groups in total. The number of carbonyl (C=O) groups is 1. The Morgan fingerprint density at radius 2 is 2.10 bits per heavy atom. The van der Waals surface area contributed by atoms with E-state index in [-0.39, 0.29) is 11.9 Å². The van der Waals surface area contributed by atoms with Crippen LogP contribution in [0.1, 0.15) is 29.0 Å². The summed E-state index contributed by atoms with van der Waals surface area (Å²) in [5.74, 6) is 0.567. The van der Waals surface area contributed by atoms with Crippen LogP contribution in [-0.2, 0) is 0 Å². The second kappa shape index (κ2) is 5.97. The summed E-state index contributed by atoms with van der Waals surface area (Å²) in [5, 5.41) is 4.33. The molecule has 21 heavy (non-hydrogen) atoms. The zero-order valence-electron chi connectivity index (χ0n) is 12.7. The van der Waals surface area contributed by atoms with E-state index in [0.29, 0.717) is 11.4 Å². The van der Waals surface area contributed by atoms with Crippen LogP contribution in [0.15, 0.2) is 30.5 Å². The number of nitrogens with two attached hydrogens (primary N) is 1. The van der Waals surface area contributed by atoms with Crippen molar-refractivity contribution >= 4 is 5.91 Å². The molecule has 2 rings (SSSR count). The predicted octanol–water partition coefficient (Wildman–Crippen LogP) is 1.60. The van der Waals surface area contributed by atoms with Crippen LogP contribution in [0.2, 0.25) is 0 Å². The van der Waals surface area contributed by atoms with E-state index in [0.717, 1.165) is 11.3 Å². The van der Waals surface area contributed by atoms with Gasteiger partial charge >= 0.3 is 0 Å². The summed E-state index contributed by atoms with van der Waals surface area (Å²) in [5.41, 5.74) is 8.10. The molecule has 0 aliphatic carbocycles. The van der Waals surface area contributed by atoms with E-state index in [2.05, 4.69) is 5.10 Å². The number of hydrogen-bond acceptors (Lipinski definition) is 4. The zero-order chi connectivity index (χ0) is 15.6. The number of nitrogens with zero attached hydrogens (tertiary/aromatic N) is 3. The van der Waals surface area contributed by atoms with Crippen LogP contribution < -0.4 is 10.5 Å². The third-order valence-electron chi connectivity index (χ3n) is 3.18. The van der Waals surface area contributed by atoms with Crippen molar-refractivity contribution in [2.75, 3.05) is 21.2 Å². The topological polar surface area (TPSA) is 73.4 Å². The predicted molar refractivity (Wildman–Crippen MR) is 80.7 cm³/mol. The van der Waals surface area contributed by atoms with Crippen molar-refractivity contribution < 1.29 is 9.53 Å². The lowest BCUT2D eigenvalue weighted by Gasteiger charge is -2.16. The van der Waals surface area contributed by atoms with Crippen LogP contribution >= 0.6 is 0 Å². The van der Waals surface area contributed by atoms with Gasteiger partial charge in [0, 0.05) is 31.9 Å². The minimum atomic E-state index is -0.214. The van der Waals surface area contributed by atoms with Gasteiger partial charge in [0.1, 0.15) is 5.75 Å². The lowest BCUT2D eigenvalue weighted by atomic mass is 10.1. The minimum absolute atomic E-state index is 0.140. The Morgan fingerprint density at radius 1 is 1.38 bits per heavy atom. The summed E-state index contributed by atoms with van der Waals surface area (Å²) in [6, 6.07) is 7.10. The maximum atomic E-state index is 11.9. The Hall–Kier alpha value is -2.34. The molecule has 0 spiro atoms. The van der Waals surface area contributed by atoms with Crippen molar-refractivity contribution in [3.8, 4) is 11.4 Å². The molecule has 1 heterocycles. The molecule has 0 bridgehead atoms. The number of rotatable bonds is 4. The molecule has 0 saturated carbocycles. The maximum Gasteiger partial charge on any atom is 0.273 e. The van der Waals surface area contributed by atoms with Gasteiger partial charge in [-0.15, -0.1) is 0 Å². The van der Waals surface area contributed by atoms with Gasteiger partial charge in [0.05, 0.1) is 12.8 Å². The molecule has 1 aromatic heterocycles. The highest BCUT2D eigenvalue weighted by Gasteiger charge is 2.17. The standard InChI is InChI=1S/C15H20N4O2/c1-10(16)14-12(6-5-7-13(14)21-4)19-9-8-11(17-19)15(20)18(2)3/h5-10H,16H2,1-4H3. The first-order valence-electron chi connectivity index (χ1n) is 6.66. The van der Waals surface area contributed by atoms with Crippen molar-refractivity contribution in [1.82, 2.24) is 14.7 Å². The van der Waals surface area contributed by atoms with Crippen molar-refractivity contribution in [2.24, 2.45) is 5.73 Å². The van der Waals surface area contributed by atoms with E-state index in [4.69, 9.17) is 10.5 Å². The molecule has 0 saturated heterocycles. The Bertz CT molecular complexity index is 647. The van der Waals surface area contributed by atoms with Gasteiger partial charge in [0.25, 0.3) is 5.91 Å². The fourth-order valence-corrected chi connectivity index (χ4v) is 2.17. The summed E-state index contributed by atoms with van der Waals surface area (Å²) in [7, 11) is 5.00. The average molecular weight is 288 g/mol. The highest BCUT2D eigenvalue weighted by molar-refractivity contribution is 5.91. The van der Waals surface area contributed by atoms with E-state index in [1.807, 2.05) is 25.1 Å². The zero-order valence-corrected chi connectivity index (χ0v) is 12.7. The number of methoxy groups -OCH3 is 1. The molecule has 6 nitrogen and oxygen atoms in total. The summed E-state index contributed by atoms with van der Waals surface area (Å²) < 4.78 is 7.02. The molecule has 1 unspecified atom stereocenters. The molecule has 1 amide bonds. The summed E-state index contributed by atoms with van der Waals surface area (Å²) in [6.45, 7) is 1.89. The second-order valence-corrected chi connectivity index (χ2v) is 5.03. The molecular formula is C15H20N4O2. The van der Waals surface area contributed by atoms with Crippen LogP contribution in [0.3, 0.4) is 0 Å². The highest BCUT2D eigenvalue weighted by Crippen LogP contribution is 2.29. The monoisotopic (exact) mass is 288 g/mol. The molecule has 2 aromatic rings. The van der Waals surface area contributed by atoms with Crippen molar-refractivity contribution in [3.63, 3.8) is 0 Å². The van der Waals surface area contributed by atoms with Gasteiger partial charge in [0.15, 0.2) is 5.69 Å². The molecule has 0 fully saturated rings. The molecular weight excluding hydrogens is 268 g/mol. The van der Waals surface area contributed by atoms with Crippen molar-refractivity contribution in [3.05, 3.63) is 41.7 Å². The fourth-order valence-electron chi connectivity index (χ4n) is 2.17. The normalized spacial score (nSPS) is 12.0. The van der Waals surface area contributed by atoms with Gasteiger partial charge in [-0.3, -0.25) is 4.79 Å². The number of aromatic nitrogens is 2. The Labute approximate surface area is 124 Å². The van der Waals surface area contributed by atoms with Crippen LogP contribution in [-0.4, -0.2) is 41.8 Å². The summed E-state index contributed by atoms with van der Waals surface area (Å²) in [4.78, 5) is 13.4. The number of amides is 1. The summed E-state index contributed by atoms with van der Waals surface area (Å²) in [6.07, 6.45) is 1.75. The lowest BCUT2D eigenvalue weighted by Crippen LogP contribution is -2.22. The molecule has 1 atom stereocenters. The second-order valence-electron chi connectivity index (χ2n) is 5.03. The van der Waals surface area contributed by atoms with Gasteiger partial charge in [-0.1, -0.05) is 6.07 Å². The fraction of sp³-hybridized carbons (Fsp3) is 0.333. The average Bonchev–Trinajstić information content (AvgIpc) is 2.94. The van der Waals surface area contributed by atoms with Gasteiger partial charge in [-0.25, -0.2) is 4.68 Å². The first-order valence-corrected chi connectivity index (χ1v) is 6.66. The quantitative estimate of drug-likeness (QED) is 0.927. The van der Waals surface area contributed by atoms with Gasteiger partial charge in [-0.05, 0) is 25.1 Å². The molecule has 112 valence electrons. The molecule has 1 aromatic carbocycles. The van der Waals surface area contributed by atoms with Crippen LogP contribution in [0, 0.1) is 0 Å². The van der Waals surface area contributed by atoms with Gasteiger partial charge in [-0.2, -0.15) is 5.10 Å². The van der Waals surface area contributed by atoms with E-state index < -0.39 is 0 Å². The maximum absolute atomic E-state index is 11.9. The lowest BCUT2D eigenvalue weighted by molar-refractivity contribution is 0.0821. The number of benzene rings is 1. The molecule has 0 aliphatic heterocycles. The molecule has 6 heteroatoms. The van der Waals surface area contributed by atoms with E-state index in [1.54, 1.807) is 38.2 Å². The largest absolute Gasteiger partial charge is 0.496 e. The smallest absolute Gasteiger partial charge is 0.273 e. The van der Waals surface area contributed by atoms with Crippen LogP contribution in [0.4, 0.5) is 0 Å². The Kier molecular flexibility index (Phi) is 4.28. The number of hydrogen-bond donors (Lipinski definition) is 1. The van der Waals surface area contributed by atoms with Crippen LogP contribution in [0.5, 0.6) is 5.75 Å².